The Morgan fingerprint density at radius 3 is 1.60 bits per heavy atom. The van der Waals surface area contributed by atoms with Crippen LogP contribution < -0.4 is 0 Å². The third-order valence-corrected chi connectivity index (χ3v) is 3.52. The van der Waals surface area contributed by atoms with Crippen LogP contribution in [-0.2, 0) is 19.3 Å². The second-order valence-corrected chi connectivity index (χ2v) is 4.82. The summed E-state index contributed by atoms with van der Waals surface area (Å²) in [5.74, 6) is 0. The minimum atomic E-state index is 1.07. The molecule has 0 aliphatic carbocycles. The zero-order valence-electron chi connectivity index (χ0n) is 13.4. The van der Waals surface area contributed by atoms with E-state index in [1.807, 2.05) is 13.8 Å². The van der Waals surface area contributed by atoms with Gasteiger partial charge in [-0.05, 0) is 41.5 Å². The summed E-state index contributed by atoms with van der Waals surface area (Å²) in [7, 11) is 0. The largest absolute Gasteiger partial charge is 0.0683 e. The SMILES string of the molecule is CC.CCCc1ccccc1Cc1ccccc1CC. The average Bonchev–Trinajstić information content (AvgIpc) is 2.52. The zero-order valence-corrected chi connectivity index (χ0v) is 13.4. The van der Waals surface area contributed by atoms with Crippen molar-refractivity contribution in [1.82, 2.24) is 0 Å². The van der Waals surface area contributed by atoms with Crippen LogP contribution in [0.25, 0.3) is 0 Å². The Labute approximate surface area is 124 Å². The lowest BCUT2D eigenvalue weighted by atomic mass is 9.94. The van der Waals surface area contributed by atoms with Crippen molar-refractivity contribution in [3.8, 4) is 0 Å². The molecule has 2 aromatic rings. The van der Waals surface area contributed by atoms with Gasteiger partial charge in [0, 0.05) is 0 Å². The monoisotopic (exact) mass is 268 g/mol. The third kappa shape index (κ3) is 4.52. The van der Waals surface area contributed by atoms with Gasteiger partial charge < -0.3 is 0 Å². The standard InChI is InChI=1S/C18H22.C2H6/c1-3-9-16-11-6-8-13-18(16)14-17-12-7-5-10-15(17)4-2;1-2/h5-8,10-13H,3-4,9,14H2,1-2H3;1-2H3. The third-order valence-electron chi connectivity index (χ3n) is 3.52. The van der Waals surface area contributed by atoms with Gasteiger partial charge in [0.25, 0.3) is 0 Å². The predicted octanol–water partition coefficient (Wildman–Crippen LogP) is 5.82. The average molecular weight is 268 g/mol. The Balaban J connectivity index is 0.000000956. The Morgan fingerprint density at radius 1 is 0.650 bits per heavy atom. The van der Waals surface area contributed by atoms with Crippen molar-refractivity contribution >= 4 is 0 Å². The van der Waals surface area contributed by atoms with Crippen LogP contribution in [0.2, 0.25) is 0 Å². The highest BCUT2D eigenvalue weighted by atomic mass is 14.1. The second-order valence-electron chi connectivity index (χ2n) is 4.82. The van der Waals surface area contributed by atoms with Gasteiger partial charge >= 0.3 is 0 Å². The van der Waals surface area contributed by atoms with Crippen molar-refractivity contribution in [2.75, 3.05) is 0 Å². The summed E-state index contributed by atoms with van der Waals surface area (Å²) in [5, 5.41) is 0. The van der Waals surface area contributed by atoms with Gasteiger partial charge in [0.05, 0.1) is 0 Å². The summed E-state index contributed by atoms with van der Waals surface area (Å²) in [6.07, 6.45) is 4.59. The normalized spacial score (nSPS) is 9.80. The first kappa shape index (κ1) is 16.5. The van der Waals surface area contributed by atoms with Crippen LogP contribution >= 0.6 is 0 Å². The van der Waals surface area contributed by atoms with Crippen LogP contribution in [0.5, 0.6) is 0 Å². The molecule has 0 amide bonds. The summed E-state index contributed by atoms with van der Waals surface area (Å²) in [6.45, 7) is 8.48. The fraction of sp³-hybridized carbons (Fsp3) is 0.400. The van der Waals surface area contributed by atoms with Crippen molar-refractivity contribution in [2.24, 2.45) is 0 Å². The zero-order chi connectivity index (χ0) is 14.8. The molecule has 0 N–H and O–H groups in total. The molecule has 0 aromatic heterocycles. The van der Waals surface area contributed by atoms with Crippen LogP contribution in [0.15, 0.2) is 48.5 Å². The van der Waals surface area contributed by atoms with E-state index in [0.29, 0.717) is 0 Å². The Kier molecular flexibility index (Phi) is 7.72. The molecule has 0 radical (unpaired) electrons. The summed E-state index contributed by atoms with van der Waals surface area (Å²) in [4.78, 5) is 0. The van der Waals surface area contributed by atoms with Gasteiger partial charge in [-0.3, -0.25) is 0 Å². The number of hydrogen-bond donors (Lipinski definition) is 0. The van der Waals surface area contributed by atoms with E-state index < -0.39 is 0 Å². The summed E-state index contributed by atoms with van der Waals surface area (Å²) in [6, 6.07) is 17.7. The maximum absolute atomic E-state index is 2.28. The molecule has 0 atom stereocenters. The molecule has 2 rings (SSSR count). The smallest absolute Gasteiger partial charge is 0.00203 e. The summed E-state index contributed by atoms with van der Waals surface area (Å²) < 4.78 is 0. The first-order chi connectivity index (χ1) is 9.85. The van der Waals surface area contributed by atoms with E-state index in [1.165, 1.54) is 35.1 Å². The van der Waals surface area contributed by atoms with Gasteiger partial charge in [-0.25, -0.2) is 0 Å². The molecule has 0 spiro atoms. The van der Waals surface area contributed by atoms with E-state index in [2.05, 4.69) is 62.4 Å². The van der Waals surface area contributed by atoms with Gasteiger partial charge in [0.2, 0.25) is 0 Å². The highest BCUT2D eigenvalue weighted by Gasteiger charge is 2.05. The van der Waals surface area contributed by atoms with Gasteiger partial charge in [-0.15, -0.1) is 0 Å². The highest BCUT2D eigenvalue weighted by molar-refractivity contribution is 5.36. The first-order valence-electron chi connectivity index (χ1n) is 7.98. The van der Waals surface area contributed by atoms with E-state index in [4.69, 9.17) is 0 Å². The van der Waals surface area contributed by atoms with Crippen LogP contribution in [0, 0.1) is 0 Å². The van der Waals surface area contributed by atoms with Crippen LogP contribution in [0.1, 0.15) is 56.4 Å². The topological polar surface area (TPSA) is 0 Å². The first-order valence-corrected chi connectivity index (χ1v) is 7.98. The Hall–Kier alpha value is -1.56. The number of hydrogen-bond acceptors (Lipinski definition) is 0. The molecule has 0 aliphatic rings. The van der Waals surface area contributed by atoms with Crippen molar-refractivity contribution < 1.29 is 0 Å². The molecule has 0 saturated heterocycles. The van der Waals surface area contributed by atoms with Crippen molar-refractivity contribution in [3.63, 3.8) is 0 Å². The van der Waals surface area contributed by atoms with E-state index in [1.54, 1.807) is 0 Å². The molecule has 0 heterocycles. The number of rotatable bonds is 5. The van der Waals surface area contributed by atoms with Gasteiger partial charge in [0.1, 0.15) is 0 Å². The molecule has 0 heteroatoms. The molecule has 0 unspecified atom stereocenters. The van der Waals surface area contributed by atoms with Crippen LogP contribution in [0.3, 0.4) is 0 Å². The molecular formula is C20H28. The number of aryl methyl sites for hydroxylation is 2. The second kappa shape index (κ2) is 9.36. The molecular weight excluding hydrogens is 240 g/mol. The molecule has 20 heavy (non-hydrogen) atoms. The van der Waals surface area contributed by atoms with E-state index in [-0.39, 0.29) is 0 Å². The molecule has 0 saturated carbocycles. The minimum absolute atomic E-state index is 1.07. The van der Waals surface area contributed by atoms with E-state index in [9.17, 15) is 0 Å². The van der Waals surface area contributed by atoms with Crippen LogP contribution in [0.4, 0.5) is 0 Å². The van der Waals surface area contributed by atoms with E-state index in [0.717, 1.165) is 12.8 Å². The maximum atomic E-state index is 2.28. The fourth-order valence-corrected chi connectivity index (χ4v) is 2.52. The molecule has 0 aliphatic heterocycles. The minimum Gasteiger partial charge on any atom is -0.0683 e. The molecule has 0 fully saturated rings. The Bertz CT molecular complexity index is 497. The highest BCUT2D eigenvalue weighted by Crippen LogP contribution is 2.19. The van der Waals surface area contributed by atoms with Gasteiger partial charge in [-0.1, -0.05) is 82.6 Å². The van der Waals surface area contributed by atoms with E-state index >= 15 is 0 Å². The molecule has 108 valence electrons. The fourth-order valence-electron chi connectivity index (χ4n) is 2.52. The Morgan fingerprint density at radius 2 is 1.10 bits per heavy atom. The van der Waals surface area contributed by atoms with Gasteiger partial charge in [0.15, 0.2) is 0 Å². The summed E-state index contributed by atoms with van der Waals surface area (Å²) >= 11 is 0. The lowest BCUT2D eigenvalue weighted by Gasteiger charge is -2.11. The lowest BCUT2D eigenvalue weighted by molar-refractivity contribution is 0.902. The molecule has 2 aromatic carbocycles. The quantitative estimate of drug-likeness (QED) is 0.641. The van der Waals surface area contributed by atoms with Crippen LogP contribution in [-0.4, -0.2) is 0 Å². The van der Waals surface area contributed by atoms with Crippen molar-refractivity contribution in [3.05, 3.63) is 70.8 Å². The van der Waals surface area contributed by atoms with Gasteiger partial charge in [-0.2, -0.15) is 0 Å². The molecule has 0 nitrogen and oxygen atoms in total. The van der Waals surface area contributed by atoms with Crippen molar-refractivity contribution in [2.45, 2.75) is 53.4 Å². The number of benzene rings is 2. The lowest BCUT2D eigenvalue weighted by Crippen LogP contribution is -1.98. The maximum Gasteiger partial charge on any atom is -0.00203 e. The summed E-state index contributed by atoms with van der Waals surface area (Å²) in [5.41, 5.74) is 5.94. The van der Waals surface area contributed by atoms with Crippen molar-refractivity contribution in [1.29, 1.82) is 0 Å². The predicted molar refractivity (Wildman–Crippen MR) is 90.4 cm³/mol. The molecule has 0 bridgehead atoms.